The number of halogens is 1. The van der Waals surface area contributed by atoms with Gasteiger partial charge in [-0.3, -0.25) is 4.79 Å². The van der Waals surface area contributed by atoms with Gasteiger partial charge in [0.15, 0.2) is 0 Å². The van der Waals surface area contributed by atoms with Gasteiger partial charge in [-0.25, -0.2) is 12.7 Å². The minimum atomic E-state index is -3.66. The van der Waals surface area contributed by atoms with E-state index in [1.165, 1.54) is 37.9 Å². The van der Waals surface area contributed by atoms with Crippen molar-refractivity contribution in [2.24, 2.45) is 0 Å². The first-order valence-corrected chi connectivity index (χ1v) is 11.2. The minimum Gasteiger partial charge on any atom is -0.348 e. The van der Waals surface area contributed by atoms with Gasteiger partial charge >= 0.3 is 0 Å². The molecule has 0 saturated heterocycles. The van der Waals surface area contributed by atoms with E-state index in [0.29, 0.717) is 6.54 Å². The van der Waals surface area contributed by atoms with Crippen LogP contribution in [0.5, 0.6) is 0 Å². The Kier molecular flexibility index (Phi) is 6.61. The summed E-state index contributed by atoms with van der Waals surface area (Å²) in [4.78, 5) is 12.7. The quantitative estimate of drug-likeness (QED) is 0.611. The van der Waals surface area contributed by atoms with Crippen LogP contribution in [0.4, 0.5) is 0 Å². The van der Waals surface area contributed by atoms with Crippen molar-refractivity contribution in [1.29, 1.82) is 0 Å². The van der Waals surface area contributed by atoms with Crippen LogP contribution < -0.4 is 5.32 Å². The zero-order valence-corrected chi connectivity index (χ0v) is 18.6. The van der Waals surface area contributed by atoms with Gasteiger partial charge < -0.3 is 5.32 Å². The molecule has 156 valence electrons. The summed E-state index contributed by atoms with van der Waals surface area (Å²) < 4.78 is 25.8. The smallest absolute Gasteiger partial charge is 0.253 e. The first kappa shape index (κ1) is 22.0. The molecule has 0 aromatic heterocycles. The highest BCUT2D eigenvalue weighted by Crippen LogP contribution is 2.23. The van der Waals surface area contributed by atoms with Gasteiger partial charge in [-0.05, 0) is 47.9 Å². The molecule has 0 atom stereocenters. The number of rotatable bonds is 6. The van der Waals surface area contributed by atoms with Crippen LogP contribution in [0.15, 0.2) is 71.6 Å². The number of nitrogens with one attached hydrogen (secondary N) is 1. The van der Waals surface area contributed by atoms with E-state index < -0.39 is 15.9 Å². The summed E-state index contributed by atoms with van der Waals surface area (Å²) in [6.07, 6.45) is 0. The fourth-order valence-corrected chi connectivity index (χ4v) is 4.14. The summed E-state index contributed by atoms with van der Waals surface area (Å²) in [6.45, 7) is 2.33. The second kappa shape index (κ2) is 9.00. The van der Waals surface area contributed by atoms with Gasteiger partial charge in [-0.2, -0.15) is 0 Å². The molecule has 1 N–H and O–H groups in total. The number of amides is 1. The van der Waals surface area contributed by atoms with Crippen molar-refractivity contribution < 1.29 is 13.2 Å². The molecule has 0 bridgehead atoms. The molecule has 0 heterocycles. The lowest BCUT2D eigenvalue weighted by molar-refractivity contribution is 0.0951. The molecule has 0 fully saturated rings. The maximum absolute atomic E-state index is 12.7. The summed E-state index contributed by atoms with van der Waals surface area (Å²) in [5, 5.41) is 3.02. The van der Waals surface area contributed by atoms with E-state index in [-0.39, 0.29) is 15.5 Å². The minimum absolute atomic E-state index is 0.0171. The molecular weight excluding hydrogens is 420 g/mol. The first-order chi connectivity index (χ1) is 14.2. The maximum Gasteiger partial charge on any atom is 0.253 e. The largest absolute Gasteiger partial charge is 0.348 e. The molecule has 0 aliphatic rings. The molecule has 0 unspecified atom stereocenters. The van der Waals surface area contributed by atoms with Crippen molar-refractivity contribution in [2.75, 3.05) is 14.1 Å². The number of benzene rings is 3. The van der Waals surface area contributed by atoms with Gasteiger partial charge in [0.2, 0.25) is 10.0 Å². The van der Waals surface area contributed by atoms with Crippen LogP contribution in [0.25, 0.3) is 11.1 Å². The number of hydrogen-bond donors (Lipinski definition) is 1. The number of carbonyl (C=O) groups excluding carboxylic acids is 1. The van der Waals surface area contributed by atoms with Crippen molar-refractivity contribution in [2.45, 2.75) is 18.4 Å². The van der Waals surface area contributed by atoms with Crippen molar-refractivity contribution >= 4 is 27.5 Å². The fourth-order valence-electron chi connectivity index (χ4n) is 3.01. The first-order valence-electron chi connectivity index (χ1n) is 9.35. The SMILES string of the molecule is Cc1cccc(-c2cccc(CNC(=O)c3cc(S(=O)(=O)N(C)C)ccc3Cl)c2)c1. The van der Waals surface area contributed by atoms with E-state index in [2.05, 4.69) is 11.4 Å². The third kappa shape index (κ3) is 4.90. The number of nitrogens with zero attached hydrogens (tertiary/aromatic N) is 1. The average Bonchev–Trinajstić information content (AvgIpc) is 2.72. The monoisotopic (exact) mass is 442 g/mol. The van der Waals surface area contributed by atoms with Gasteiger partial charge in [0.05, 0.1) is 15.5 Å². The van der Waals surface area contributed by atoms with E-state index >= 15 is 0 Å². The van der Waals surface area contributed by atoms with Gasteiger partial charge in [0.25, 0.3) is 5.91 Å². The van der Waals surface area contributed by atoms with Crippen LogP contribution in [0.3, 0.4) is 0 Å². The van der Waals surface area contributed by atoms with Gasteiger partial charge in [-0.15, -0.1) is 0 Å². The zero-order chi connectivity index (χ0) is 21.9. The highest BCUT2D eigenvalue weighted by Gasteiger charge is 2.20. The molecule has 5 nitrogen and oxygen atoms in total. The van der Waals surface area contributed by atoms with E-state index in [1.54, 1.807) is 0 Å². The van der Waals surface area contributed by atoms with Crippen LogP contribution in [-0.2, 0) is 16.6 Å². The standard InChI is InChI=1S/C23H23ClN2O3S/c1-16-6-4-8-18(12-16)19-9-5-7-17(13-19)15-25-23(27)21-14-20(10-11-22(21)24)30(28,29)26(2)3/h4-14H,15H2,1-3H3,(H,25,27). The molecule has 3 aromatic carbocycles. The Morgan fingerprint density at radius 3 is 2.30 bits per heavy atom. The topological polar surface area (TPSA) is 66.5 Å². The lowest BCUT2D eigenvalue weighted by Crippen LogP contribution is -2.25. The molecule has 3 rings (SSSR count). The molecule has 7 heteroatoms. The summed E-state index contributed by atoms with van der Waals surface area (Å²) in [5.41, 5.74) is 4.38. The van der Waals surface area contributed by atoms with Crippen LogP contribution in [0.1, 0.15) is 21.5 Å². The molecule has 0 spiro atoms. The number of hydrogen-bond acceptors (Lipinski definition) is 3. The highest BCUT2D eigenvalue weighted by atomic mass is 35.5. The van der Waals surface area contributed by atoms with Crippen molar-refractivity contribution in [3.05, 3.63) is 88.4 Å². The van der Waals surface area contributed by atoms with Crippen LogP contribution in [0.2, 0.25) is 5.02 Å². The second-order valence-corrected chi connectivity index (χ2v) is 9.74. The summed E-state index contributed by atoms with van der Waals surface area (Å²) >= 11 is 6.15. The van der Waals surface area contributed by atoms with E-state index in [0.717, 1.165) is 21.0 Å². The molecule has 0 aliphatic heterocycles. The Bertz CT molecular complexity index is 1190. The van der Waals surface area contributed by atoms with Gasteiger partial charge in [-0.1, -0.05) is 59.6 Å². The Balaban J connectivity index is 1.79. The van der Waals surface area contributed by atoms with Crippen molar-refractivity contribution in [3.8, 4) is 11.1 Å². The van der Waals surface area contributed by atoms with Crippen molar-refractivity contribution in [3.63, 3.8) is 0 Å². The van der Waals surface area contributed by atoms with Crippen LogP contribution in [0, 0.1) is 6.92 Å². The second-order valence-electron chi connectivity index (χ2n) is 7.18. The normalized spacial score (nSPS) is 11.5. The molecule has 0 aliphatic carbocycles. The predicted molar refractivity (Wildman–Crippen MR) is 120 cm³/mol. The molecule has 30 heavy (non-hydrogen) atoms. The Labute approximate surface area is 182 Å². The summed E-state index contributed by atoms with van der Waals surface area (Å²) in [7, 11) is -0.791. The predicted octanol–water partition coefficient (Wildman–Crippen LogP) is 4.50. The number of aryl methyl sites for hydroxylation is 1. The van der Waals surface area contributed by atoms with E-state index in [4.69, 9.17) is 11.6 Å². The zero-order valence-electron chi connectivity index (χ0n) is 17.0. The highest BCUT2D eigenvalue weighted by molar-refractivity contribution is 7.89. The third-order valence-corrected chi connectivity index (χ3v) is 6.83. The molecule has 0 radical (unpaired) electrons. The van der Waals surface area contributed by atoms with E-state index in [9.17, 15) is 13.2 Å². The lowest BCUT2D eigenvalue weighted by atomic mass is 10.0. The lowest BCUT2D eigenvalue weighted by Gasteiger charge is -2.13. The molecule has 0 saturated carbocycles. The summed E-state index contributed by atoms with van der Waals surface area (Å²) in [5.74, 6) is -0.434. The molecule has 3 aromatic rings. The molecule has 1 amide bonds. The van der Waals surface area contributed by atoms with Gasteiger partial charge in [0.1, 0.15) is 0 Å². The van der Waals surface area contributed by atoms with Crippen LogP contribution in [-0.4, -0.2) is 32.7 Å². The molecular formula is C23H23ClN2O3S. The average molecular weight is 443 g/mol. The number of carbonyl (C=O) groups is 1. The Morgan fingerprint density at radius 1 is 0.967 bits per heavy atom. The fraction of sp³-hybridized carbons (Fsp3) is 0.174. The Morgan fingerprint density at radius 2 is 1.63 bits per heavy atom. The van der Waals surface area contributed by atoms with Gasteiger partial charge in [0, 0.05) is 20.6 Å². The summed E-state index contributed by atoms with van der Waals surface area (Å²) in [6, 6.07) is 20.2. The Hall–Kier alpha value is -2.67. The van der Waals surface area contributed by atoms with Crippen molar-refractivity contribution in [1.82, 2.24) is 9.62 Å². The van der Waals surface area contributed by atoms with E-state index in [1.807, 2.05) is 49.4 Å². The maximum atomic E-state index is 12.7. The number of sulfonamides is 1. The van der Waals surface area contributed by atoms with Crippen LogP contribution >= 0.6 is 11.6 Å². The third-order valence-electron chi connectivity index (χ3n) is 4.69.